The van der Waals surface area contributed by atoms with E-state index in [0.717, 1.165) is 6.07 Å². The Hall–Kier alpha value is -2.88. The van der Waals surface area contributed by atoms with Crippen molar-refractivity contribution in [3.05, 3.63) is 52.3 Å². The van der Waals surface area contributed by atoms with E-state index in [4.69, 9.17) is 10.5 Å². The summed E-state index contributed by atoms with van der Waals surface area (Å²) in [5.74, 6) is 0.591. The van der Waals surface area contributed by atoms with Crippen LogP contribution in [0.15, 0.2) is 24.3 Å². The third-order valence-corrected chi connectivity index (χ3v) is 5.35. The number of benzene rings is 1. The minimum atomic E-state index is -4.46. The molecule has 0 unspecified atom stereocenters. The summed E-state index contributed by atoms with van der Waals surface area (Å²) in [4.78, 5) is 6.24. The first-order valence-electron chi connectivity index (χ1n) is 9.51. The Bertz CT molecular complexity index is 1070. The van der Waals surface area contributed by atoms with Crippen molar-refractivity contribution in [1.82, 2.24) is 14.6 Å². The van der Waals surface area contributed by atoms with Crippen LogP contribution in [0, 0.1) is 6.92 Å². The number of imidazole rings is 1. The number of nitrogens with zero attached hydrogens (tertiary/aromatic N) is 4. The molecule has 0 atom stereocenters. The molecule has 1 aliphatic rings. The fourth-order valence-electron chi connectivity index (χ4n) is 3.71. The Labute approximate surface area is 170 Å². The topological polar surface area (TPSA) is 68.7 Å². The molecule has 1 aliphatic heterocycles. The van der Waals surface area contributed by atoms with E-state index in [1.165, 1.54) is 17.5 Å². The van der Waals surface area contributed by atoms with E-state index in [9.17, 15) is 17.6 Å². The van der Waals surface area contributed by atoms with Crippen LogP contribution in [-0.2, 0) is 24.0 Å². The van der Waals surface area contributed by atoms with E-state index in [1.54, 1.807) is 12.1 Å². The summed E-state index contributed by atoms with van der Waals surface area (Å²) < 4.78 is 60.4. The number of anilines is 2. The van der Waals surface area contributed by atoms with Crippen LogP contribution in [-0.4, -0.2) is 40.9 Å². The van der Waals surface area contributed by atoms with Crippen molar-refractivity contribution in [2.75, 3.05) is 36.9 Å². The number of morpholine rings is 1. The molecule has 6 nitrogen and oxygen atoms in total. The van der Waals surface area contributed by atoms with Crippen molar-refractivity contribution < 1.29 is 22.3 Å². The maximum atomic E-state index is 13.7. The molecule has 0 amide bonds. The molecule has 10 heteroatoms. The van der Waals surface area contributed by atoms with Crippen molar-refractivity contribution in [1.29, 1.82) is 0 Å². The van der Waals surface area contributed by atoms with Crippen LogP contribution in [0.25, 0.3) is 5.65 Å². The number of hydrogen-bond donors (Lipinski definition) is 1. The molecule has 0 spiro atoms. The molecule has 160 valence electrons. The summed E-state index contributed by atoms with van der Waals surface area (Å²) in [6, 6.07) is 5.66. The van der Waals surface area contributed by atoms with Crippen molar-refractivity contribution in [2.45, 2.75) is 26.2 Å². The molecule has 4 rings (SSSR count). The SMILES string of the molecule is Cc1c(Cc2c(CF)nc3c(N)cc(N4CCOCC4)nn23)cccc1C(F)(F)F. The largest absolute Gasteiger partial charge is 0.416 e. The van der Waals surface area contributed by atoms with Crippen LogP contribution in [0.2, 0.25) is 0 Å². The number of nitrogen functional groups attached to an aromatic ring is 1. The average molecular weight is 423 g/mol. The second-order valence-corrected chi connectivity index (χ2v) is 7.20. The summed E-state index contributed by atoms with van der Waals surface area (Å²) >= 11 is 0. The van der Waals surface area contributed by atoms with Crippen LogP contribution >= 0.6 is 0 Å². The van der Waals surface area contributed by atoms with E-state index in [-0.39, 0.29) is 17.7 Å². The third kappa shape index (κ3) is 3.67. The van der Waals surface area contributed by atoms with Crippen LogP contribution < -0.4 is 10.6 Å². The molecule has 0 saturated carbocycles. The standard InChI is InChI=1S/C20H21F4N5O/c1-12-13(3-2-4-14(12)20(22,23)24)9-17-16(11-21)26-19-15(25)10-18(27-29(17)19)28-5-7-30-8-6-28/h2-4,10H,5-9,11,25H2,1H3. The van der Waals surface area contributed by atoms with Crippen LogP contribution in [0.5, 0.6) is 0 Å². The lowest BCUT2D eigenvalue weighted by molar-refractivity contribution is -0.138. The zero-order valence-corrected chi connectivity index (χ0v) is 16.3. The number of aromatic nitrogens is 3. The number of rotatable bonds is 4. The lowest BCUT2D eigenvalue weighted by Crippen LogP contribution is -2.37. The maximum absolute atomic E-state index is 13.7. The normalized spacial score (nSPS) is 15.2. The lowest BCUT2D eigenvalue weighted by Gasteiger charge is -2.27. The first-order chi connectivity index (χ1) is 14.3. The number of ether oxygens (including phenoxy) is 1. The van der Waals surface area contributed by atoms with Gasteiger partial charge in [0.15, 0.2) is 11.5 Å². The number of hydrogen-bond acceptors (Lipinski definition) is 5. The summed E-state index contributed by atoms with van der Waals surface area (Å²) in [5.41, 5.74) is 7.09. The quantitative estimate of drug-likeness (QED) is 0.651. The Balaban J connectivity index is 1.81. The van der Waals surface area contributed by atoms with E-state index in [0.29, 0.717) is 54.7 Å². The molecule has 1 aromatic carbocycles. The van der Waals surface area contributed by atoms with Gasteiger partial charge in [0.1, 0.15) is 6.67 Å². The number of alkyl halides is 4. The molecule has 1 fully saturated rings. The van der Waals surface area contributed by atoms with Crippen molar-refractivity contribution in [2.24, 2.45) is 0 Å². The van der Waals surface area contributed by atoms with Crippen molar-refractivity contribution in [3.63, 3.8) is 0 Å². The highest BCUT2D eigenvalue weighted by Gasteiger charge is 2.33. The molecular weight excluding hydrogens is 402 g/mol. The highest BCUT2D eigenvalue weighted by molar-refractivity contribution is 5.69. The summed E-state index contributed by atoms with van der Waals surface area (Å²) in [6.07, 6.45) is -4.41. The zero-order chi connectivity index (χ0) is 21.5. The molecule has 2 aromatic heterocycles. The lowest BCUT2D eigenvalue weighted by atomic mass is 9.98. The summed E-state index contributed by atoms with van der Waals surface area (Å²) in [5, 5.41) is 4.58. The van der Waals surface area contributed by atoms with Gasteiger partial charge in [0.25, 0.3) is 0 Å². The number of halogens is 4. The molecule has 1 saturated heterocycles. The van der Waals surface area contributed by atoms with Gasteiger partial charge in [0.2, 0.25) is 0 Å². The van der Waals surface area contributed by atoms with Crippen LogP contribution in [0.4, 0.5) is 29.1 Å². The third-order valence-electron chi connectivity index (χ3n) is 5.35. The number of nitrogens with two attached hydrogens (primary N) is 1. The zero-order valence-electron chi connectivity index (χ0n) is 16.3. The smallest absolute Gasteiger partial charge is 0.396 e. The van der Waals surface area contributed by atoms with Gasteiger partial charge in [-0.25, -0.2) is 13.9 Å². The summed E-state index contributed by atoms with van der Waals surface area (Å²) in [7, 11) is 0. The van der Waals surface area contributed by atoms with E-state index in [2.05, 4.69) is 10.1 Å². The second-order valence-electron chi connectivity index (χ2n) is 7.20. The minimum absolute atomic E-state index is 0.0508. The van der Waals surface area contributed by atoms with E-state index in [1.807, 2.05) is 4.90 Å². The maximum Gasteiger partial charge on any atom is 0.416 e. The van der Waals surface area contributed by atoms with E-state index >= 15 is 0 Å². The van der Waals surface area contributed by atoms with Gasteiger partial charge in [-0.3, -0.25) is 0 Å². The highest BCUT2D eigenvalue weighted by Crippen LogP contribution is 2.34. The molecule has 0 radical (unpaired) electrons. The fourth-order valence-corrected chi connectivity index (χ4v) is 3.71. The van der Waals surface area contributed by atoms with Gasteiger partial charge >= 0.3 is 6.18 Å². The first-order valence-corrected chi connectivity index (χ1v) is 9.51. The monoisotopic (exact) mass is 423 g/mol. The van der Waals surface area contributed by atoms with Crippen molar-refractivity contribution >= 4 is 17.2 Å². The second kappa shape index (κ2) is 7.75. The molecule has 3 heterocycles. The molecule has 0 bridgehead atoms. The fraction of sp³-hybridized carbons (Fsp3) is 0.400. The van der Waals surface area contributed by atoms with Gasteiger partial charge in [-0.15, -0.1) is 5.10 Å². The molecule has 30 heavy (non-hydrogen) atoms. The van der Waals surface area contributed by atoms with Crippen LogP contribution in [0.1, 0.15) is 28.1 Å². The Morgan fingerprint density at radius 3 is 2.60 bits per heavy atom. The van der Waals surface area contributed by atoms with Gasteiger partial charge in [-0.05, 0) is 24.1 Å². The van der Waals surface area contributed by atoms with Crippen molar-refractivity contribution in [3.8, 4) is 0 Å². The van der Waals surface area contributed by atoms with Gasteiger partial charge in [0, 0.05) is 25.6 Å². The summed E-state index contributed by atoms with van der Waals surface area (Å²) in [6.45, 7) is 2.90. The first kappa shape index (κ1) is 20.4. The van der Waals surface area contributed by atoms with Gasteiger partial charge in [-0.1, -0.05) is 12.1 Å². The average Bonchev–Trinajstić information content (AvgIpc) is 3.07. The molecular formula is C20H21F4N5O. The van der Waals surface area contributed by atoms with Gasteiger partial charge < -0.3 is 15.4 Å². The Morgan fingerprint density at radius 1 is 1.20 bits per heavy atom. The Morgan fingerprint density at radius 2 is 1.93 bits per heavy atom. The highest BCUT2D eigenvalue weighted by atomic mass is 19.4. The van der Waals surface area contributed by atoms with Gasteiger partial charge in [0.05, 0.1) is 35.9 Å². The molecule has 3 aromatic rings. The predicted molar refractivity (Wildman–Crippen MR) is 104 cm³/mol. The van der Waals surface area contributed by atoms with Crippen LogP contribution in [0.3, 0.4) is 0 Å². The predicted octanol–water partition coefficient (Wildman–Crippen LogP) is 3.54. The van der Waals surface area contributed by atoms with Gasteiger partial charge in [-0.2, -0.15) is 13.2 Å². The molecule has 2 N–H and O–H groups in total. The molecule has 0 aliphatic carbocycles. The Kier molecular flexibility index (Phi) is 5.27. The van der Waals surface area contributed by atoms with E-state index < -0.39 is 18.4 Å². The number of fused-ring (bicyclic) bond motifs is 1. The minimum Gasteiger partial charge on any atom is -0.396 e.